The fourth-order valence-corrected chi connectivity index (χ4v) is 7.37. The molecule has 0 radical (unpaired) electrons. The van der Waals surface area contributed by atoms with Crippen LogP contribution in [-0.4, -0.2) is 55.1 Å². The molecule has 0 spiro atoms. The van der Waals surface area contributed by atoms with Gasteiger partial charge >= 0.3 is 10.2 Å². The molecule has 8 heteroatoms. The Kier molecular flexibility index (Phi) is 10.8. The Morgan fingerprint density at radius 2 is 1.53 bits per heavy atom. The predicted molar refractivity (Wildman–Crippen MR) is 154 cm³/mol. The molecule has 0 fully saturated rings. The van der Waals surface area contributed by atoms with E-state index in [0.29, 0.717) is 25.8 Å². The van der Waals surface area contributed by atoms with Gasteiger partial charge in [0.2, 0.25) is 5.91 Å². The van der Waals surface area contributed by atoms with Crippen molar-refractivity contribution < 1.29 is 22.2 Å². The summed E-state index contributed by atoms with van der Waals surface area (Å²) in [6, 6.07) is 23.2. The fourth-order valence-electron chi connectivity index (χ4n) is 5.33. The zero-order chi connectivity index (χ0) is 27.6. The minimum absolute atomic E-state index is 0.0622. The van der Waals surface area contributed by atoms with Crippen molar-refractivity contribution in [2.24, 2.45) is 0 Å². The van der Waals surface area contributed by atoms with E-state index in [9.17, 15) is 18.3 Å². The first-order valence-electron chi connectivity index (χ1n) is 13.6. The van der Waals surface area contributed by atoms with Crippen molar-refractivity contribution in [3.05, 3.63) is 83.9 Å². The zero-order valence-electron chi connectivity index (χ0n) is 22.8. The lowest BCUT2D eigenvalue weighted by Gasteiger charge is -2.44. The lowest BCUT2D eigenvalue weighted by atomic mass is 9.94. The first kappa shape index (κ1) is 29.8. The number of aliphatic hydroxyl groups is 1. The topological polar surface area (TPSA) is 95.5 Å². The van der Waals surface area contributed by atoms with E-state index < -0.39 is 32.2 Å². The van der Waals surface area contributed by atoms with Crippen LogP contribution in [0.15, 0.2) is 72.8 Å². The van der Waals surface area contributed by atoms with Gasteiger partial charge < -0.3 is 10.4 Å². The molecule has 2 atom stereocenters. The average molecular weight is 541 g/mol. The Morgan fingerprint density at radius 1 is 0.895 bits per heavy atom. The fraction of sp³-hybridized carbons (Fsp3) is 0.433. The Bertz CT molecular complexity index is 1270. The van der Waals surface area contributed by atoms with Gasteiger partial charge in [-0.25, -0.2) is 4.72 Å². The number of quaternary nitrogens is 1. The number of hydrogen-bond donors (Lipinski definition) is 3. The van der Waals surface area contributed by atoms with Crippen LogP contribution in [-0.2, 0) is 28.0 Å². The highest BCUT2D eigenvalue weighted by Crippen LogP contribution is 2.30. The highest BCUT2D eigenvalue weighted by atomic mass is 32.2. The molecule has 1 amide bonds. The average Bonchev–Trinajstić information content (AvgIpc) is 2.91. The molecule has 3 rings (SSSR count). The number of rotatable bonds is 15. The number of fused-ring (bicyclic) bond motifs is 1. The lowest BCUT2D eigenvalue weighted by Crippen LogP contribution is -2.68. The van der Waals surface area contributed by atoms with Crippen LogP contribution < -0.4 is 10.0 Å². The number of amides is 1. The molecule has 0 aliphatic heterocycles. The molecule has 7 nitrogen and oxygen atoms in total. The van der Waals surface area contributed by atoms with Gasteiger partial charge in [-0.2, -0.15) is 12.3 Å². The van der Waals surface area contributed by atoms with Crippen molar-refractivity contribution in [3.8, 4) is 0 Å². The number of carbonyl (C=O) groups excluding carboxylic acids is 1. The van der Waals surface area contributed by atoms with E-state index in [0.717, 1.165) is 21.9 Å². The van der Waals surface area contributed by atoms with Crippen LogP contribution in [0.5, 0.6) is 0 Å². The van der Waals surface area contributed by atoms with Gasteiger partial charge in [0.05, 0.1) is 13.1 Å². The van der Waals surface area contributed by atoms with E-state index in [4.69, 9.17) is 0 Å². The van der Waals surface area contributed by atoms with Crippen molar-refractivity contribution in [1.82, 2.24) is 10.0 Å². The molecule has 38 heavy (non-hydrogen) atoms. The summed E-state index contributed by atoms with van der Waals surface area (Å²) in [5.41, 5.74) is 2.05. The number of nitrogens with one attached hydrogen (secondary N) is 2. The van der Waals surface area contributed by atoms with E-state index in [1.165, 1.54) is 0 Å². The minimum Gasteiger partial charge on any atom is -0.386 e. The van der Waals surface area contributed by atoms with Crippen molar-refractivity contribution in [2.75, 3.05) is 19.6 Å². The van der Waals surface area contributed by atoms with Gasteiger partial charge in [0.15, 0.2) is 0 Å². The van der Waals surface area contributed by atoms with Crippen molar-refractivity contribution in [3.63, 3.8) is 0 Å². The first-order valence-corrected chi connectivity index (χ1v) is 15.0. The number of aliphatic hydroxyl groups excluding tert-OH is 1. The summed E-state index contributed by atoms with van der Waals surface area (Å²) in [6.07, 6.45) is 0.585. The molecular weight excluding hydrogens is 498 g/mol. The molecule has 3 aromatic carbocycles. The van der Waals surface area contributed by atoms with E-state index in [2.05, 4.69) is 10.0 Å². The Labute approximate surface area is 227 Å². The second-order valence-corrected chi connectivity index (χ2v) is 11.7. The molecule has 0 aliphatic rings. The Hall–Kier alpha value is -2.78. The summed E-state index contributed by atoms with van der Waals surface area (Å²) >= 11 is 0. The number of carbonyl (C=O) groups is 1. The molecule has 0 bridgehead atoms. The van der Waals surface area contributed by atoms with Gasteiger partial charge in [-0.15, -0.1) is 0 Å². The van der Waals surface area contributed by atoms with E-state index in [1.807, 2.05) is 86.6 Å². The quantitative estimate of drug-likeness (QED) is 0.250. The molecule has 0 aliphatic carbocycles. The minimum atomic E-state index is -4.16. The van der Waals surface area contributed by atoms with Gasteiger partial charge in [-0.05, 0) is 34.7 Å². The highest BCUT2D eigenvalue weighted by Gasteiger charge is 2.51. The molecule has 3 N–H and O–H groups in total. The van der Waals surface area contributed by atoms with Crippen molar-refractivity contribution in [1.29, 1.82) is 0 Å². The van der Waals surface area contributed by atoms with Crippen LogP contribution in [0.4, 0.5) is 0 Å². The maximum Gasteiger partial charge on any atom is 0.396 e. The summed E-state index contributed by atoms with van der Waals surface area (Å²) in [4.78, 5) is 12.4. The van der Waals surface area contributed by atoms with Crippen LogP contribution in [0.25, 0.3) is 10.8 Å². The molecule has 0 saturated heterocycles. The predicted octanol–water partition coefficient (Wildman–Crippen LogP) is 4.31. The largest absolute Gasteiger partial charge is 0.396 e. The van der Waals surface area contributed by atoms with E-state index in [-0.39, 0.29) is 26.1 Å². The third kappa shape index (κ3) is 6.99. The van der Waals surface area contributed by atoms with Gasteiger partial charge in [0, 0.05) is 25.9 Å². The number of benzene rings is 3. The summed E-state index contributed by atoms with van der Waals surface area (Å²) in [5, 5.41) is 17.1. The SMILES string of the molecule is CCC[N+](CCC)(C(Cc1cccc2ccccc12)C(O)CNCc1ccccc1)S(=O)(=O)NC(=O)CC. The van der Waals surface area contributed by atoms with Gasteiger partial charge in [-0.1, -0.05) is 93.6 Å². The zero-order valence-corrected chi connectivity index (χ0v) is 23.6. The van der Waals surface area contributed by atoms with E-state index >= 15 is 0 Å². The molecular formula is C30H42N3O4S+. The van der Waals surface area contributed by atoms with E-state index in [1.54, 1.807) is 6.92 Å². The van der Waals surface area contributed by atoms with Crippen LogP contribution in [0, 0.1) is 0 Å². The Morgan fingerprint density at radius 3 is 2.18 bits per heavy atom. The summed E-state index contributed by atoms with van der Waals surface area (Å²) in [7, 11) is -4.16. The molecule has 2 unspecified atom stereocenters. The lowest BCUT2D eigenvalue weighted by molar-refractivity contribution is -0.838. The van der Waals surface area contributed by atoms with Crippen LogP contribution in [0.3, 0.4) is 0 Å². The molecule has 0 aromatic heterocycles. The van der Waals surface area contributed by atoms with Crippen molar-refractivity contribution >= 4 is 26.9 Å². The summed E-state index contributed by atoms with van der Waals surface area (Å²) in [5.74, 6) is -0.541. The molecule has 0 saturated carbocycles. The molecule has 0 heterocycles. The van der Waals surface area contributed by atoms with Gasteiger partial charge in [0.25, 0.3) is 0 Å². The van der Waals surface area contributed by atoms with Crippen LogP contribution in [0.2, 0.25) is 0 Å². The molecule has 206 valence electrons. The normalized spacial score (nSPS) is 13.8. The third-order valence-corrected chi connectivity index (χ3v) is 9.21. The van der Waals surface area contributed by atoms with Crippen molar-refractivity contribution in [2.45, 2.75) is 65.1 Å². The summed E-state index contributed by atoms with van der Waals surface area (Å²) in [6.45, 7) is 6.85. The smallest absolute Gasteiger partial charge is 0.386 e. The van der Waals surface area contributed by atoms with Crippen LogP contribution in [0.1, 0.15) is 51.2 Å². The summed E-state index contributed by atoms with van der Waals surface area (Å²) < 4.78 is 29.9. The number of nitrogens with zero attached hydrogens (tertiary/aromatic N) is 1. The second kappa shape index (κ2) is 13.8. The van der Waals surface area contributed by atoms with Gasteiger partial charge in [0.1, 0.15) is 12.1 Å². The maximum absolute atomic E-state index is 14.0. The van der Waals surface area contributed by atoms with Crippen LogP contribution >= 0.6 is 0 Å². The van der Waals surface area contributed by atoms with Gasteiger partial charge in [-0.3, -0.25) is 4.79 Å². The highest BCUT2D eigenvalue weighted by molar-refractivity contribution is 7.84. The Balaban J connectivity index is 2.06. The maximum atomic E-state index is 14.0. The third-order valence-electron chi connectivity index (χ3n) is 7.13. The standard InChI is InChI=1S/C30H41N3O4S/c1-4-19-33(20-5-2,38(36,37)32-30(35)6-3)28(29(34)23-31-22-24-13-8-7-9-14-24)21-26-17-12-16-25-15-10-11-18-27(25)26/h7-18,28-29,31,34H,4-6,19-23H2,1-3H3/p+1. The molecule has 3 aromatic rings. The number of hydrogen-bond acceptors (Lipinski definition) is 5. The first-order chi connectivity index (χ1) is 18.3. The second-order valence-electron chi connectivity index (χ2n) is 9.85. The monoisotopic (exact) mass is 540 g/mol.